The summed E-state index contributed by atoms with van der Waals surface area (Å²) in [4.78, 5) is 38.1. The minimum Gasteiger partial charge on any atom is -0.462 e. The molecule has 0 rings (SSSR count). The van der Waals surface area contributed by atoms with E-state index in [-0.39, 0.29) is 31.1 Å². The van der Waals surface area contributed by atoms with Crippen LogP contribution in [0.25, 0.3) is 0 Å². The molecule has 0 aromatic heterocycles. The smallest absolute Gasteiger partial charge is 0.306 e. The van der Waals surface area contributed by atoms with Crippen molar-refractivity contribution >= 4 is 17.9 Å². The van der Waals surface area contributed by atoms with E-state index in [0.717, 1.165) is 148 Å². The molecule has 0 radical (unpaired) electrons. The zero-order valence-corrected chi connectivity index (χ0v) is 49.9. The fraction of sp³-hybridized carbons (Fsp3) is 0.648. The maximum Gasteiger partial charge on any atom is 0.306 e. The maximum atomic E-state index is 12.8. The minimum absolute atomic E-state index is 0.0897. The first-order valence-corrected chi connectivity index (χ1v) is 31.7. The average Bonchev–Trinajstić information content (AvgIpc) is 3.43. The molecule has 0 heterocycles. The van der Waals surface area contributed by atoms with Crippen LogP contribution in [0.5, 0.6) is 0 Å². The Hall–Kier alpha value is -4.45. The highest BCUT2D eigenvalue weighted by Crippen LogP contribution is 2.15. The lowest BCUT2D eigenvalue weighted by atomic mass is 10.0. The van der Waals surface area contributed by atoms with E-state index in [0.29, 0.717) is 19.3 Å². The van der Waals surface area contributed by atoms with Crippen LogP contribution in [0, 0.1) is 0 Å². The van der Waals surface area contributed by atoms with Gasteiger partial charge in [-0.1, -0.05) is 270 Å². The van der Waals surface area contributed by atoms with Gasteiger partial charge in [0.25, 0.3) is 0 Å². The van der Waals surface area contributed by atoms with Crippen LogP contribution >= 0.6 is 0 Å². The van der Waals surface area contributed by atoms with Crippen molar-refractivity contribution in [1.29, 1.82) is 0 Å². The molecule has 0 aliphatic heterocycles. The number of allylic oxidation sites excluding steroid dienone is 22. The predicted molar refractivity (Wildman–Crippen MR) is 334 cm³/mol. The number of carbonyl (C=O) groups is 3. The largest absolute Gasteiger partial charge is 0.462 e. The first-order chi connectivity index (χ1) is 38.0. The molecule has 1 atom stereocenters. The Balaban J connectivity index is 4.26. The van der Waals surface area contributed by atoms with Crippen molar-refractivity contribution in [2.24, 2.45) is 0 Å². The highest BCUT2D eigenvalue weighted by Gasteiger charge is 2.19. The molecule has 77 heavy (non-hydrogen) atoms. The van der Waals surface area contributed by atoms with Crippen LogP contribution in [0.1, 0.15) is 278 Å². The number of carbonyl (C=O) groups excluding carboxylic acids is 3. The Kier molecular flexibility index (Phi) is 60.4. The Morgan fingerprint density at radius 2 is 0.506 bits per heavy atom. The predicted octanol–water partition coefficient (Wildman–Crippen LogP) is 21.8. The minimum atomic E-state index is -0.794. The van der Waals surface area contributed by atoms with E-state index < -0.39 is 6.10 Å². The Morgan fingerprint density at radius 1 is 0.273 bits per heavy atom. The first kappa shape index (κ1) is 72.5. The molecule has 0 amide bonds. The molecule has 6 heteroatoms. The van der Waals surface area contributed by atoms with Crippen molar-refractivity contribution in [2.45, 2.75) is 284 Å². The molecule has 0 fully saturated rings. The van der Waals surface area contributed by atoms with E-state index in [1.807, 2.05) is 0 Å². The van der Waals surface area contributed by atoms with Crippen molar-refractivity contribution in [2.75, 3.05) is 13.2 Å². The van der Waals surface area contributed by atoms with Gasteiger partial charge >= 0.3 is 17.9 Å². The lowest BCUT2D eigenvalue weighted by molar-refractivity contribution is -0.167. The summed E-state index contributed by atoms with van der Waals surface area (Å²) >= 11 is 0. The molecule has 0 spiro atoms. The van der Waals surface area contributed by atoms with Crippen molar-refractivity contribution in [1.82, 2.24) is 0 Å². The van der Waals surface area contributed by atoms with Gasteiger partial charge in [0.1, 0.15) is 13.2 Å². The number of rotatable bonds is 56. The molecule has 0 aliphatic rings. The number of esters is 3. The normalized spacial score (nSPS) is 13.0. The zero-order chi connectivity index (χ0) is 55.7. The number of hydrogen-bond acceptors (Lipinski definition) is 6. The van der Waals surface area contributed by atoms with Crippen LogP contribution < -0.4 is 0 Å². The highest BCUT2D eigenvalue weighted by molar-refractivity contribution is 5.71. The molecular formula is C71H116O6. The molecule has 1 unspecified atom stereocenters. The Labute approximate surface area is 475 Å². The van der Waals surface area contributed by atoms with Gasteiger partial charge in [-0.05, 0) is 122 Å². The monoisotopic (exact) mass is 1060 g/mol. The second-order valence-electron chi connectivity index (χ2n) is 20.6. The van der Waals surface area contributed by atoms with Crippen molar-refractivity contribution in [3.8, 4) is 0 Å². The molecule has 0 saturated heterocycles. The van der Waals surface area contributed by atoms with Crippen LogP contribution in [0.3, 0.4) is 0 Å². The average molecular weight is 1070 g/mol. The lowest BCUT2D eigenvalue weighted by Gasteiger charge is -2.18. The highest BCUT2D eigenvalue weighted by atomic mass is 16.6. The third kappa shape index (κ3) is 62.3. The van der Waals surface area contributed by atoms with Crippen molar-refractivity contribution < 1.29 is 28.6 Å². The molecular weight excluding hydrogens is 949 g/mol. The maximum absolute atomic E-state index is 12.8. The molecule has 0 saturated carbocycles. The third-order valence-electron chi connectivity index (χ3n) is 13.1. The summed E-state index contributed by atoms with van der Waals surface area (Å²) in [6, 6.07) is 0. The van der Waals surface area contributed by atoms with Crippen LogP contribution in [-0.4, -0.2) is 37.2 Å². The molecule has 0 aromatic rings. The van der Waals surface area contributed by atoms with Gasteiger partial charge in [0.15, 0.2) is 6.10 Å². The van der Waals surface area contributed by atoms with E-state index in [2.05, 4.69) is 154 Å². The summed E-state index contributed by atoms with van der Waals surface area (Å²) in [7, 11) is 0. The van der Waals surface area contributed by atoms with Gasteiger partial charge in [0.05, 0.1) is 0 Å². The van der Waals surface area contributed by atoms with Crippen molar-refractivity contribution in [3.63, 3.8) is 0 Å². The number of hydrogen-bond donors (Lipinski definition) is 0. The van der Waals surface area contributed by atoms with Crippen LogP contribution in [0.15, 0.2) is 134 Å². The Morgan fingerprint density at radius 3 is 0.831 bits per heavy atom. The van der Waals surface area contributed by atoms with Gasteiger partial charge in [0, 0.05) is 19.3 Å². The van der Waals surface area contributed by atoms with Gasteiger partial charge < -0.3 is 14.2 Å². The van der Waals surface area contributed by atoms with Crippen LogP contribution in [0.2, 0.25) is 0 Å². The Bertz CT molecular complexity index is 1650. The summed E-state index contributed by atoms with van der Waals surface area (Å²) in [5.41, 5.74) is 0. The van der Waals surface area contributed by atoms with E-state index in [9.17, 15) is 14.4 Å². The summed E-state index contributed by atoms with van der Waals surface area (Å²) in [5.74, 6) is -0.925. The lowest BCUT2D eigenvalue weighted by Crippen LogP contribution is -2.30. The zero-order valence-electron chi connectivity index (χ0n) is 49.9. The second kappa shape index (κ2) is 64.1. The third-order valence-corrected chi connectivity index (χ3v) is 13.1. The van der Waals surface area contributed by atoms with E-state index in [4.69, 9.17) is 14.2 Å². The van der Waals surface area contributed by atoms with Crippen molar-refractivity contribution in [3.05, 3.63) is 134 Å². The first-order valence-electron chi connectivity index (χ1n) is 31.7. The summed E-state index contributed by atoms with van der Waals surface area (Å²) < 4.78 is 16.8. The molecule has 0 aliphatic carbocycles. The number of unbranched alkanes of at least 4 members (excludes halogenated alkanes) is 23. The topological polar surface area (TPSA) is 78.9 Å². The molecule has 436 valence electrons. The van der Waals surface area contributed by atoms with Crippen LogP contribution in [0.4, 0.5) is 0 Å². The molecule has 6 nitrogen and oxygen atoms in total. The SMILES string of the molecule is CC/C=C\C/C=C\C/C=C\C/C=C\C/C=C\C/C=C\C/C=C\C/C=C\C/C=C\C/C=C\CCCCCCC(=O)OCC(COC(=O)CCCCCCCCCCCCCC)OC(=O)CCCCCCC/C=C\CCCCC. The summed E-state index contributed by atoms with van der Waals surface area (Å²) in [5, 5.41) is 0. The van der Waals surface area contributed by atoms with E-state index in [1.165, 1.54) is 89.9 Å². The van der Waals surface area contributed by atoms with Gasteiger partial charge in [-0.25, -0.2) is 0 Å². The summed E-state index contributed by atoms with van der Waals surface area (Å²) in [6.45, 7) is 6.47. The standard InChI is InChI=1S/C71H116O6/c1-4-7-10-13-16-19-22-25-26-27-28-29-30-31-32-33-34-35-36-37-38-39-40-41-42-43-44-45-46-47-50-52-55-58-61-64-70(73)76-67-68(77-71(74)65-62-59-56-53-49-24-21-18-15-12-9-6-3)66-75-69(72)63-60-57-54-51-48-23-20-17-14-11-8-5-2/h7,10,16,18-19,21,25-26,28-29,31-32,34-35,37-38,40-41,43-44,46-47,68H,4-6,8-9,11-15,17,20,22-24,27,30,33,36,39,42,45,48-67H2,1-3H3/b10-7-,19-16-,21-18-,26-25-,29-28-,32-31-,35-34-,38-37-,41-40-,44-43-,47-46-. The summed E-state index contributed by atoms with van der Waals surface area (Å²) in [6.07, 6.45) is 90.3. The fourth-order valence-corrected chi connectivity index (χ4v) is 8.41. The van der Waals surface area contributed by atoms with Crippen LogP contribution in [-0.2, 0) is 28.6 Å². The second-order valence-corrected chi connectivity index (χ2v) is 20.6. The van der Waals surface area contributed by atoms with Gasteiger partial charge in [0.2, 0.25) is 0 Å². The van der Waals surface area contributed by atoms with Gasteiger partial charge in [-0.15, -0.1) is 0 Å². The van der Waals surface area contributed by atoms with Gasteiger partial charge in [-0.3, -0.25) is 14.4 Å². The van der Waals surface area contributed by atoms with Gasteiger partial charge in [-0.2, -0.15) is 0 Å². The van der Waals surface area contributed by atoms with E-state index in [1.54, 1.807) is 0 Å². The molecule has 0 bridgehead atoms. The molecule has 0 N–H and O–H groups in total. The van der Waals surface area contributed by atoms with E-state index >= 15 is 0 Å². The number of ether oxygens (including phenoxy) is 3. The molecule has 0 aromatic carbocycles. The quantitative estimate of drug-likeness (QED) is 0.0261. The fourth-order valence-electron chi connectivity index (χ4n) is 8.41.